The highest BCUT2D eigenvalue weighted by molar-refractivity contribution is 6.17. The zero-order valence-corrected chi connectivity index (χ0v) is 20.5. The summed E-state index contributed by atoms with van der Waals surface area (Å²) in [4.78, 5) is 2.49. The maximum Gasteiger partial charge on any atom is 0.0223 e. The lowest BCUT2D eigenvalue weighted by molar-refractivity contribution is 0.316. The summed E-state index contributed by atoms with van der Waals surface area (Å²) < 4.78 is 0. The second kappa shape index (κ2) is 31.2. The van der Waals surface area contributed by atoms with Gasteiger partial charge in [0.05, 0.1) is 0 Å². The van der Waals surface area contributed by atoms with E-state index in [1.807, 2.05) is 0 Å². The minimum atomic E-state index is 0. The number of hydrogen-bond acceptors (Lipinski definition) is 2. The van der Waals surface area contributed by atoms with Crippen molar-refractivity contribution in [2.24, 2.45) is 5.73 Å². The van der Waals surface area contributed by atoms with Crippen LogP contribution in [0, 0.1) is 0 Å². The third kappa shape index (κ3) is 31.4. The van der Waals surface area contributed by atoms with E-state index < -0.39 is 0 Å². The van der Waals surface area contributed by atoms with Crippen molar-refractivity contribution in [3.63, 3.8) is 0 Å². The Morgan fingerprint density at radius 2 is 0.852 bits per heavy atom. The summed E-state index contributed by atoms with van der Waals surface area (Å²) in [5.74, 6) is 0.822. The molecular formula is C23H52Cl2N2. The van der Waals surface area contributed by atoms with Crippen molar-refractivity contribution >= 4 is 24.0 Å². The lowest BCUT2D eigenvalue weighted by Gasteiger charge is -2.16. The van der Waals surface area contributed by atoms with Gasteiger partial charge in [-0.25, -0.2) is 0 Å². The van der Waals surface area contributed by atoms with Crippen molar-refractivity contribution in [2.45, 2.75) is 116 Å². The molecule has 0 aliphatic heterocycles. The summed E-state index contributed by atoms with van der Waals surface area (Å²) >= 11 is 5.71. The summed E-state index contributed by atoms with van der Waals surface area (Å²) in [6.07, 6.45) is 24.0. The lowest BCUT2D eigenvalue weighted by atomic mass is 10.0. The Kier molecular flexibility index (Phi) is 37.2. The van der Waals surface area contributed by atoms with E-state index in [0.29, 0.717) is 0 Å². The first-order valence-corrected chi connectivity index (χ1v) is 12.2. The van der Waals surface area contributed by atoms with E-state index in [1.165, 1.54) is 129 Å². The number of nitrogens with two attached hydrogens (primary N) is 1. The van der Waals surface area contributed by atoms with Crippen molar-refractivity contribution in [2.75, 3.05) is 33.1 Å². The van der Waals surface area contributed by atoms with Gasteiger partial charge in [-0.15, -0.1) is 24.0 Å². The van der Waals surface area contributed by atoms with Crippen molar-refractivity contribution in [1.29, 1.82) is 0 Å². The fraction of sp³-hybridized carbons (Fsp3) is 1.00. The Labute approximate surface area is 183 Å². The molecule has 0 aromatic carbocycles. The van der Waals surface area contributed by atoms with Crippen LogP contribution in [-0.4, -0.2) is 38.0 Å². The van der Waals surface area contributed by atoms with Gasteiger partial charge in [0.15, 0.2) is 0 Å². The zero-order valence-electron chi connectivity index (χ0n) is 19.0. The molecule has 2 nitrogen and oxygen atoms in total. The predicted molar refractivity (Wildman–Crippen MR) is 130 cm³/mol. The van der Waals surface area contributed by atoms with E-state index >= 15 is 0 Å². The number of nitrogens with zero attached hydrogens (tertiary/aromatic N) is 1. The molecule has 0 aromatic heterocycles. The third-order valence-corrected chi connectivity index (χ3v) is 5.33. The fourth-order valence-corrected chi connectivity index (χ4v) is 3.53. The van der Waals surface area contributed by atoms with Crippen LogP contribution < -0.4 is 5.73 Å². The summed E-state index contributed by atoms with van der Waals surface area (Å²) in [6.45, 7) is 4.82. The van der Waals surface area contributed by atoms with Crippen molar-refractivity contribution in [3.05, 3.63) is 0 Å². The van der Waals surface area contributed by atoms with Crippen LogP contribution in [0.3, 0.4) is 0 Å². The number of rotatable bonds is 20. The molecule has 0 fully saturated rings. The Morgan fingerprint density at radius 1 is 0.556 bits per heavy atom. The summed E-state index contributed by atoms with van der Waals surface area (Å²) in [7, 11) is 3.77. The minimum Gasteiger partial charge on any atom is -0.333 e. The van der Waals surface area contributed by atoms with Gasteiger partial charge in [-0.1, -0.05) is 96.8 Å². The van der Waals surface area contributed by atoms with Crippen LogP contribution in [0.25, 0.3) is 0 Å². The smallest absolute Gasteiger partial charge is 0.0223 e. The van der Waals surface area contributed by atoms with E-state index in [2.05, 4.69) is 24.6 Å². The molecule has 4 heteroatoms. The molecule has 0 spiro atoms. The van der Waals surface area contributed by atoms with Crippen LogP contribution >= 0.6 is 24.0 Å². The van der Waals surface area contributed by atoms with E-state index in [-0.39, 0.29) is 12.4 Å². The lowest BCUT2D eigenvalue weighted by Crippen LogP contribution is -2.20. The molecule has 0 aromatic rings. The maximum absolute atomic E-state index is 5.71. The van der Waals surface area contributed by atoms with Crippen LogP contribution in [0.2, 0.25) is 0 Å². The Bertz CT molecular complexity index is 228. The summed E-state index contributed by atoms with van der Waals surface area (Å²) in [6, 6.07) is 0. The minimum absolute atomic E-state index is 0. The predicted octanol–water partition coefficient (Wildman–Crippen LogP) is 7.81. The topological polar surface area (TPSA) is 29.3 Å². The molecule has 2 N–H and O–H groups in total. The normalized spacial score (nSPS) is 10.4. The van der Waals surface area contributed by atoms with Crippen LogP contribution in [-0.2, 0) is 0 Å². The van der Waals surface area contributed by atoms with Crippen LogP contribution in [0.1, 0.15) is 116 Å². The van der Waals surface area contributed by atoms with Gasteiger partial charge in [-0.3, -0.25) is 0 Å². The first kappa shape index (κ1) is 32.2. The van der Waals surface area contributed by atoms with Gasteiger partial charge in [0.25, 0.3) is 0 Å². The molecule has 0 atom stereocenters. The molecule has 0 radical (unpaired) electrons. The highest BCUT2D eigenvalue weighted by Gasteiger charge is 1.98. The standard InChI is InChI=1S/C22H46ClN.CH5N.ClH/c1-3-4-5-6-7-8-9-10-11-12-13-14-15-18-21-24(2)22-19-16-17-20-23;1-2;/h3-22H2,1-2H3;2H2,1H3;1H. The Balaban J connectivity index is -0.00000185. The van der Waals surface area contributed by atoms with Crippen molar-refractivity contribution in [3.8, 4) is 0 Å². The second-order valence-electron chi connectivity index (χ2n) is 7.65. The molecule has 0 heterocycles. The molecule has 0 bridgehead atoms. The van der Waals surface area contributed by atoms with Crippen molar-refractivity contribution in [1.82, 2.24) is 4.90 Å². The second-order valence-corrected chi connectivity index (χ2v) is 8.03. The van der Waals surface area contributed by atoms with Gasteiger partial charge in [0.2, 0.25) is 0 Å². The number of halogens is 2. The molecule has 0 rings (SSSR count). The molecule has 0 saturated carbocycles. The van der Waals surface area contributed by atoms with E-state index in [4.69, 9.17) is 11.6 Å². The fourth-order valence-electron chi connectivity index (χ4n) is 3.34. The quantitative estimate of drug-likeness (QED) is 0.159. The Morgan fingerprint density at radius 3 is 1.19 bits per heavy atom. The van der Waals surface area contributed by atoms with E-state index in [9.17, 15) is 0 Å². The van der Waals surface area contributed by atoms with Gasteiger partial charge in [-0.2, -0.15) is 0 Å². The SMILES string of the molecule is CCCCCCCCCCCCCCCCN(C)CCCCCCl.CN.Cl. The molecule has 0 amide bonds. The molecule has 168 valence electrons. The third-order valence-electron chi connectivity index (χ3n) is 5.07. The molecule has 0 aliphatic rings. The molecular weight excluding hydrogens is 375 g/mol. The first-order valence-electron chi connectivity index (χ1n) is 11.6. The van der Waals surface area contributed by atoms with Gasteiger partial charge >= 0.3 is 0 Å². The van der Waals surface area contributed by atoms with Crippen LogP contribution in [0.4, 0.5) is 0 Å². The molecule has 0 aliphatic carbocycles. The zero-order chi connectivity index (χ0) is 19.7. The summed E-state index contributed by atoms with van der Waals surface area (Å²) in [5.41, 5.74) is 4.50. The first-order chi connectivity index (χ1) is 12.8. The van der Waals surface area contributed by atoms with Gasteiger partial charge in [0.1, 0.15) is 0 Å². The Hall–Kier alpha value is 0.500. The molecule has 27 heavy (non-hydrogen) atoms. The van der Waals surface area contributed by atoms with Gasteiger partial charge in [0, 0.05) is 5.88 Å². The average Bonchev–Trinajstić information content (AvgIpc) is 2.67. The summed E-state index contributed by atoms with van der Waals surface area (Å²) in [5, 5.41) is 0. The van der Waals surface area contributed by atoms with Gasteiger partial charge in [-0.05, 0) is 46.4 Å². The molecule has 0 saturated heterocycles. The monoisotopic (exact) mass is 426 g/mol. The van der Waals surface area contributed by atoms with Crippen molar-refractivity contribution < 1.29 is 0 Å². The molecule has 0 unspecified atom stereocenters. The highest BCUT2D eigenvalue weighted by atomic mass is 35.5. The number of hydrogen-bond donors (Lipinski definition) is 1. The number of unbranched alkanes of at least 4 members (excludes halogenated alkanes) is 15. The average molecular weight is 428 g/mol. The van der Waals surface area contributed by atoms with Gasteiger partial charge < -0.3 is 10.6 Å². The van der Waals surface area contributed by atoms with E-state index in [1.54, 1.807) is 0 Å². The maximum atomic E-state index is 5.71. The highest BCUT2D eigenvalue weighted by Crippen LogP contribution is 2.13. The van der Waals surface area contributed by atoms with Crippen LogP contribution in [0.15, 0.2) is 0 Å². The number of alkyl halides is 1. The van der Waals surface area contributed by atoms with E-state index in [0.717, 1.165) is 5.88 Å². The van der Waals surface area contributed by atoms with Crippen LogP contribution in [0.5, 0.6) is 0 Å². The largest absolute Gasteiger partial charge is 0.333 e.